The molecular weight excluding hydrogens is 272 g/mol. The first-order valence-electron chi connectivity index (χ1n) is 7.21. The molecule has 0 bridgehead atoms. The number of aliphatic carboxylic acids is 1. The standard InChI is InChI=1S/C15H22N2O4/c1-9-6-13(11(3)21-9)10(2)16-15(20)17(8-14(18)19)7-12-4-5-12/h6,10,12H,4-5,7-8H2,1-3H3,(H,16,20)(H,18,19). The first-order chi connectivity index (χ1) is 9.86. The predicted molar refractivity (Wildman–Crippen MR) is 77.1 cm³/mol. The number of carboxylic acid groups (broad SMARTS) is 1. The molecule has 1 saturated carbocycles. The number of nitrogens with one attached hydrogen (secondary N) is 1. The lowest BCUT2D eigenvalue weighted by Crippen LogP contribution is -2.44. The highest BCUT2D eigenvalue weighted by atomic mass is 16.4. The summed E-state index contributed by atoms with van der Waals surface area (Å²) in [7, 11) is 0. The molecule has 2 amide bonds. The number of rotatable bonds is 6. The molecule has 1 aliphatic carbocycles. The number of hydrogen-bond acceptors (Lipinski definition) is 3. The van der Waals surface area contributed by atoms with Gasteiger partial charge in [-0.3, -0.25) is 4.79 Å². The average molecular weight is 294 g/mol. The summed E-state index contributed by atoms with van der Waals surface area (Å²) >= 11 is 0. The molecule has 0 spiro atoms. The van der Waals surface area contributed by atoms with E-state index < -0.39 is 5.97 Å². The first kappa shape index (κ1) is 15.4. The van der Waals surface area contributed by atoms with Crippen LogP contribution in [0.25, 0.3) is 0 Å². The molecule has 6 heteroatoms. The highest BCUT2D eigenvalue weighted by Gasteiger charge is 2.28. The van der Waals surface area contributed by atoms with E-state index in [1.54, 1.807) is 0 Å². The fraction of sp³-hybridized carbons (Fsp3) is 0.600. The summed E-state index contributed by atoms with van der Waals surface area (Å²) in [4.78, 5) is 24.5. The maximum absolute atomic E-state index is 12.3. The second-order valence-electron chi connectivity index (χ2n) is 5.76. The number of urea groups is 1. The third kappa shape index (κ3) is 4.24. The Balaban J connectivity index is 1.99. The number of carboxylic acids is 1. The molecule has 2 rings (SSSR count). The van der Waals surface area contributed by atoms with E-state index in [0.717, 1.165) is 29.9 Å². The van der Waals surface area contributed by atoms with E-state index in [0.29, 0.717) is 12.5 Å². The number of furan rings is 1. The Hall–Kier alpha value is -1.98. The van der Waals surface area contributed by atoms with Crippen molar-refractivity contribution in [3.63, 3.8) is 0 Å². The summed E-state index contributed by atoms with van der Waals surface area (Å²) < 4.78 is 5.46. The van der Waals surface area contributed by atoms with Gasteiger partial charge in [0.1, 0.15) is 18.1 Å². The number of nitrogens with zero attached hydrogens (tertiary/aromatic N) is 1. The lowest BCUT2D eigenvalue weighted by Gasteiger charge is -2.23. The van der Waals surface area contributed by atoms with Gasteiger partial charge in [0.15, 0.2) is 0 Å². The minimum atomic E-state index is -0.992. The van der Waals surface area contributed by atoms with Crippen molar-refractivity contribution in [2.45, 2.75) is 39.7 Å². The van der Waals surface area contributed by atoms with Crippen LogP contribution in [0.3, 0.4) is 0 Å². The number of hydrogen-bond donors (Lipinski definition) is 2. The SMILES string of the molecule is Cc1cc(C(C)NC(=O)N(CC(=O)O)CC2CC2)c(C)o1. The molecule has 2 N–H and O–H groups in total. The van der Waals surface area contributed by atoms with Crippen molar-refractivity contribution < 1.29 is 19.1 Å². The van der Waals surface area contributed by atoms with E-state index in [9.17, 15) is 9.59 Å². The van der Waals surface area contributed by atoms with E-state index >= 15 is 0 Å². The van der Waals surface area contributed by atoms with E-state index in [-0.39, 0.29) is 18.6 Å². The Morgan fingerprint density at radius 1 is 1.48 bits per heavy atom. The van der Waals surface area contributed by atoms with Gasteiger partial charge in [0.2, 0.25) is 0 Å². The number of amides is 2. The van der Waals surface area contributed by atoms with Crippen LogP contribution >= 0.6 is 0 Å². The zero-order chi connectivity index (χ0) is 15.6. The monoisotopic (exact) mass is 294 g/mol. The van der Waals surface area contributed by atoms with E-state index in [4.69, 9.17) is 9.52 Å². The van der Waals surface area contributed by atoms with Gasteiger partial charge < -0.3 is 19.7 Å². The second-order valence-corrected chi connectivity index (χ2v) is 5.76. The van der Waals surface area contributed by atoms with Crippen LogP contribution in [0.1, 0.15) is 42.9 Å². The van der Waals surface area contributed by atoms with Gasteiger partial charge in [0, 0.05) is 12.1 Å². The molecule has 1 fully saturated rings. The largest absolute Gasteiger partial charge is 0.480 e. The molecule has 1 aliphatic rings. The highest BCUT2D eigenvalue weighted by molar-refractivity contribution is 5.80. The van der Waals surface area contributed by atoms with Crippen molar-refractivity contribution in [2.24, 2.45) is 5.92 Å². The molecule has 1 heterocycles. The van der Waals surface area contributed by atoms with Gasteiger partial charge >= 0.3 is 12.0 Å². The molecule has 0 saturated heterocycles. The molecular formula is C15H22N2O4. The summed E-state index contributed by atoms with van der Waals surface area (Å²) in [6.45, 7) is 5.82. The quantitative estimate of drug-likeness (QED) is 0.844. The Bertz CT molecular complexity index is 534. The second kappa shape index (κ2) is 6.20. The summed E-state index contributed by atoms with van der Waals surface area (Å²) in [5.41, 5.74) is 0.919. The van der Waals surface area contributed by atoms with Crippen molar-refractivity contribution in [1.29, 1.82) is 0 Å². The van der Waals surface area contributed by atoms with Crippen LogP contribution in [0.4, 0.5) is 4.79 Å². The number of carbonyl (C=O) groups is 2. The van der Waals surface area contributed by atoms with Gasteiger partial charge in [-0.15, -0.1) is 0 Å². The first-order valence-corrected chi connectivity index (χ1v) is 7.21. The Kier molecular flexibility index (Phi) is 4.55. The third-order valence-corrected chi connectivity index (χ3v) is 3.67. The van der Waals surface area contributed by atoms with Gasteiger partial charge in [-0.1, -0.05) is 0 Å². The lowest BCUT2D eigenvalue weighted by molar-refractivity contribution is -0.137. The maximum atomic E-state index is 12.3. The average Bonchev–Trinajstić information content (AvgIpc) is 3.11. The predicted octanol–water partition coefficient (Wildman–Crippen LogP) is 2.46. The van der Waals surface area contributed by atoms with Gasteiger partial charge in [0.25, 0.3) is 0 Å². The Morgan fingerprint density at radius 3 is 2.62 bits per heavy atom. The molecule has 116 valence electrons. The summed E-state index contributed by atoms with van der Waals surface area (Å²) in [5.74, 6) is 1.02. The zero-order valence-corrected chi connectivity index (χ0v) is 12.7. The van der Waals surface area contributed by atoms with Crippen LogP contribution < -0.4 is 5.32 Å². The van der Waals surface area contributed by atoms with Crippen LogP contribution in [0.2, 0.25) is 0 Å². The molecule has 1 atom stereocenters. The van der Waals surface area contributed by atoms with Gasteiger partial charge in [0.05, 0.1) is 6.04 Å². The fourth-order valence-electron chi connectivity index (χ4n) is 2.43. The van der Waals surface area contributed by atoms with Crippen LogP contribution in [-0.4, -0.2) is 35.1 Å². The van der Waals surface area contributed by atoms with Crippen molar-refractivity contribution in [2.75, 3.05) is 13.1 Å². The molecule has 1 unspecified atom stereocenters. The number of carbonyl (C=O) groups excluding carboxylic acids is 1. The lowest BCUT2D eigenvalue weighted by atomic mass is 10.1. The summed E-state index contributed by atoms with van der Waals surface area (Å²) in [6, 6.07) is 1.34. The van der Waals surface area contributed by atoms with Gasteiger partial charge in [-0.25, -0.2) is 4.79 Å². The fourth-order valence-corrected chi connectivity index (χ4v) is 2.43. The number of aryl methyl sites for hydroxylation is 2. The minimum absolute atomic E-state index is 0.217. The van der Waals surface area contributed by atoms with Crippen molar-refractivity contribution in [3.05, 3.63) is 23.2 Å². The summed E-state index contributed by atoms with van der Waals surface area (Å²) in [6.07, 6.45) is 2.14. The Labute approximate surface area is 124 Å². The van der Waals surface area contributed by atoms with Crippen molar-refractivity contribution >= 4 is 12.0 Å². The molecule has 21 heavy (non-hydrogen) atoms. The van der Waals surface area contributed by atoms with Crippen molar-refractivity contribution in [1.82, 2.24) is 10.2 Å². The van der Waals surface area contributed by atoms with Gasteiger partial charge in [-0.2, -0.15) is 0 Å². The highest BCUT2D eigenvalue weighted by Crippen LogP contribution is 2.30. The minimum Gasteiger partial charge on any atom is -0.480 e. The molecule has 0 radical (unpaired) electrons. The molecule has 6 nitrogen and oxygen atoms in total. The van der Waals surface area contributed by atoms with Crippen LogP contribution in [0.15, 0.2) is 10.5 Å². The zero-order valence-electron chi connectivity index (χ0n) is 12.7. The van der Waals surface area contributed by atoms with Crippen LogP contribution in [0, 0.1) is 19.8 Å². The smallest absolute Gasteiger partial charge is 0.323 e. The van der Waals surface area contributed by atoms with Gasteiger partial charge in [-0.05, 0) is 45.6 Å². The van der Waals surface area contributed by atoms with Crippen LogP contribution in [0.5, 0.6) is 0 Å². The topological polar surface area (TPSA) is 82.8 Å². The molecule has 0 aromatic carbocycles. The maximum Gasteiger partial charge on any atom is 0.323 e. The normalized spacial score (nSPS) is 15.6. The molecule has 1 aromatic heterocycles. The van der Waals surface area contributed by atoms with Crippen molar-refractivity contribution in [3.8, 4) is 0 Å². The van der Waals surface area contributed by atoms with E-state index in [1.165, 1.54) is 4.90 Å². The summed E-state index contributed by atoms with van der Waals surface area (Å²) in [5, 5.41) is 11.8. The molecule has 1 aromatic rings. The van der Waals surface area contributed by atoms with E-state index in [2.05, 4.69) is 5.32 Å². The third-order valence-electron chi connectivity index (χ3n) is 3.67. The van der Waals surface area contributed by atoms with E-state index in [1.807, 2.05) is 26.8 Å². The van der Waals surface area contributed by atoms with Crippen LogP contribution in [-0.2, 0) is 4.79 Å². The molecule has 0 aliphatic heterocycles. The Morgan fingerprint density at radius 2 is 2.14 bits per heavy atom.